The molecule has 0 saturated carbocycles. The number of halogens is 2. The molecule has 176 valence electrons. The maximum absolute atomic E-state index is 14.2. The van der Waals surface area contributed by atoms with E-state index in [-0.39, 0.29) is 17.5 Å². The van der Waals surface area contributed by atoms with E-state index >= 15 is 0 Å². The van der Waals surface area contributed by atoms with E-state index in [1.807, 2.05) is 44.2 Å². The van der Waals surface area contributed by atoms with Crippen LogP contribution in [0.2, 0.25) is 0 Å². The smallest absolute Gasteiger partial charge is 0.258 e. The summed E-state index contributed by atoms with van der Waals surface area (Å²) in [5, 5.41) is 7.87. The molecule has 35 heavy (non-hydrogen) atoms. The standard InChI is InChI=1S/C27H22F2N4OS/c1-15-7-9-18(10-8-15)25-31-26(34-32-25)23-17(3)33(21-11-12-22(29)16(2)13-21)27(35)30-24(23)19-5-4-6-20(28)14-19/h4-14,24H,1-3H3,(H,30,35). The van der Waals surface area contributed by atoms with Gasteiger partial charge in [-0.25, -0.2) is 8.78 Å². The molecule has 0 saturated heterocycles. The SMILES string of the molecule is CC1=C(c2nc(-c3ccc(C)cc3)no2)C(c2cccc(F)c2)NC(=S)N1c1ccc(F)c(C)c1. The Balaban J connectivity index is 1.66. The first kappa shape index (κ1) is 22.9. The monoisotopic (exact) mass is 488 g/mol. The highest BCUT2D eigenvalue weighted by atomic mass is 32.1. The zero-order valence-electron chi connectivity index (χ0n) is 19.3. The van der Waals surface area contributed by atoms with Gasteiger partial charge in [0.05, 0.1) is 11.6 Å². The molecule has 0 amide bonds. The van der Waals surface area contributed by atoms with Crippen LogP contribution in [-0.2, 0) is 0 Å². The number of thiocarbonyl (C=S) groups is 1. The van der Waals surface area contributed by atoms with Crippen LogP contribution in [-0.4, -0.2) is 15.3 Å². The van der Waals surface area contributed by atoms with E-state index in [2.05, 4.69) is 15.5 Å². The Hall–Kier alpha value is -3.91. The van der Waals surface area contributed by atoms with Gasteiger partial charge in [-0.05, 0) is 74.4 Å². The first-order valence-corrected chi connectivity index (χ1v) is 11.5. The molecular formula is C27H22F2N4OS. The summed E-state index contributed by atoms with van der Waals surface area (Å²) in [7, 11) is 0. The number of nitrogens with zero attached hydrogens (tertiary/aromatic N) is 3. The molecule has 5 nitrogen and oxygen atoms in total. The topological polar surface area (TPSA) is 54.2 Å². The number of allylic oxidation sites excluding steroid dienone is 1. The second-order valence-electron chi connectivity index (χ2n) is 8.49. The number of aromatic nitrogens is 2. The van der Waals surface area contributed by atoms with Gasteiger partial charge in [-0.2, -0.15) is 4.98 Å². The number of benzene rings is 3. The summed E-state index contributed by atoms with van der Waals surface area (Å²) in [5.41, 5.74) is 5.14. The van der Waals surface area contributed by atoms with Crippen molar-refractivity contribution in [2.24, 2.45) is 0 Å². The van der Waals surface area contributed by atoms with Crippen LogP contribution >= 0.6 is 12.2 Å². The van der Waals surface area contributed by atoms with Gasteiger partial charge in [0, 0.05) is 16.9 Å². The molecule has 1 atom stereocenters. The molecule has 2 heterocycles. The molecule has 1 aromatic heterocycles. The molecule has 3 aromatic carbocycles. The van der Waals surface area contributed by atoms with Gasteiger partial charge < -0.3 is 9.84 Å². The summed E-state index contributed by atoms with van der Waals surface area (Å²) >= 11 is 5.70. The van der Waals surface area contributed by atoms with E-state index in [1.54, 1.807) is 30.0 Å². The van der Waals surface area contributed by atoms with Gasteiger partial charge in [0.15, 0.2) is 5.11 Å². The lowest BCUT2D eigenvalue weighted by Crippen LogP contribution is -2.46. The van der Waals surface area contributed by atoms with Crippen molar-refractivity contribution >= 4 is 28.6 Å². The van der Waals surface area contributed by atoms with Gasteiger partial charge in [-0.15, -0.1) is 0 Å². The van der Waals surface area contributed by atoms with Crippen LogP contribution in [0.1, 0.15) is 35.5 Å². The van der Waals surface area contributed by atoms with Gasteiger partial charge in [0.2, 0.25) is 5.82 Å². The van der Waals surface area contributed by atoms with Crippen molar-refractivity contribution in [3.63, 3.8) is 0 Å². The highest BCUT2D eigenvalue weighted by Gasteiger charge is 2.35. The third kappa shape index (κ3) is 4.33. The highest BCUT2D eigenvalue weighted by molar-refractivity contribution is 7.80. The Morgan fingerprint density at radius 2 is 1.74 bits per heavy atom. The largest absolute Gasteiger partial charge is 0.351 e. The van der Waals surface area contributed by atoms with Crippen LogP contribution in [0, 0.1) is 25.5 Å². The van der Waals surface area contributed by atoms with Crippen LogP contribution in [0.3, 0.4) is 0 Å². The molecule has 0 spiro atoms. The lowest BCUT2D eigenvalue weighted by molar-refractivity contribution is 0.404. The zero-order valence-corrected chi connectivity index (χ0v) is 20.2. The molecule has 5 rings (SSSR count). The Morgan fingerprint density at radius 3 is 2.46 bits per heavy atom. The van der Waals surface area contributed by atoms with Crippen LogP contribution in [0.5, 0.6) is 0 Å². The lowest BCUT2D eigenvalue weighted by atomic mass is 9.94. The molecular weight excluding hydrogens is 466 g/mol. The first-order valence-electron chi connectivity index (χ1n) is 11.1. The minimum absolute atomic E-state index is 0.283. The number of nitrogens with one attached hydrogen (secondary N) is 1. The van der Waals surface area contributed by atoms with E-state index in [0.29, 0.717) is 39.0 Å². The normalized spacial score (nSPS) is 16.0. The second-order valence-corrected chi connectivity index (χ2v) is 8.88. The number of hydrogen-bond acceptors (Lipinski definition) is 4. The molecule has 0 bridgehead atoms. The van der Waals surface area contributed by atoms with E-state index in [4.69, 9.17) is 16.7 Å². The zero-order chi connectivity index (χ0) is 24.7. The van der Waals surface area contributed by atoms with Crippen molar-refractivity contribution < 1.29 is 13.3 Å². The van der Waals surface area contributed by atoms with Gasteiger partial charge >= 0.3 is 0 Å². The molecule has 1 N–H and O–H groups in total. The summed E-state index contributed by atoms with van der Waals surface area (Å²) in [5.74, 6) is 0.0558. The van der Waals surface area contributed by atoms with Crippen molar-refractivity contribution in [2.45, 2.75) is 26.8 Å². The van der Waals surface area contributed by atoms with Gasteiger partial charge in [-0.3, -0.25) is 4.90 Å². The van der Waals surface area contributed by atoms with Crippen molar-refractivity contribution in [3.05, 3.63) is 107 Å². The Morgan fingerprint density at radius 1 is 0.971 bits per heavy atom. The molecule has 4 aromatic rings. The fraction of sp³-hybridized carbons (Fsp3) is 0.148. The van der Waals surface area contributed by atoms with Crippen LogP contribution < -0.4 is 10.2 Å². The van der Waals surface area contributed by atoms with Gasteiger partial charge in [0.25, 0.3) is 5.89 Å². The van der Waals surface area contributed by atoms with E-state index < -0.39 is 6.04 Å². The lowest BCUT2D eigenvalue weighted by Gasteiger charge is -2.37. The Bertz CT molecular complexity index is 1460. The van der Waals surface area contributed by atoms with E-state index in [1.165, 1.54) is 18.2 Å². The maximum Gasteiger partial charge on any atom is 0.258 e. The van der Waals surface area contributed by atoms with Crippen LogP contribution in [0.25, 0.3) is 17.0 Å². The maximum atomic E-state index is 14.2. The molecule has 0 fully saturated rings. The number of hydrogen-bond donors (Lipinski definition) is 1. The molecule has 1 aliphatic heterocycles. The predicted octanol–water partition coefficient (Wildman–Crippen LogP) is 6.50. The van der Waals surface area contributed by atoms with Crippen LogP contribution in [0.15, 0.2) is 77.0 Å². The molecule has 1 aliphatic rings. The summed E-state index contributed by atoms with van der Waals surface area (Å²) in [6, 6.07) is 18.4. The first-order chi connectivity index (χ1) is 16.8. The predicted molar refractivity (Wildman–Crippen MR) is 136 cm³/mol. The Labute approximate surface area is 207 Å². The van der Waals surface area contributed by atoms with Crippen molar-refractivity contribution in [1.29, 1.82) is 0 Å². The average molecular weight is 489 g/mol. The third-order valence-corrected chi connectivity index (χ3v) is 6.33. The number of aryl methyl sites for hydroxylation is 2. The van der Waals surface area contributed by atoms with Gasteiger partial charge in [-0.1, -0.05) is 47.1 Å². The summed E-state index contributed by atoms with van der Waals surface area (Å²) < 4.78 is 33.8. The molecule has 0 radical (unpaired) electrons. The number of anilines is 1. The summed E-state index contributed by atoms with van der Waals surface area (Å²) in [6.07, 6.45) is 0. The van der Waals surface area contributed by atoms with E-state index in [0.717, 1.165) is 11.1 Å². The average Bonchev–Trinajstić information content (AvgIpc) is 3.31. The minimum atomic E-state index is -0.526. The highest BCUT2D eigenvalue weighted by Crippen LogP contribution is 2.39. The fourth-order valence-electron chi connectivity index (χ4n) is 4.19. The van der Waals surface area contributed by atoms with Crippen molar-refractivity contribution in [3.8, 4) is 11.4 Å². The minimum Gasteiger partial charge on any atom is -0.351 e. The summed E-state index contributed by atoms with van der Waals surface area (Å²) in [6.45, 7) is 5.58. The number of rotatable bonds is 4. The molecule has 8 heteroatoms. The fourth-order valence-corrected chi connectivity index (χ4v) is 4.55. The van der Waals surface area contributed by atoms with Crippen molar-refractivity contribution in [2.75, 3.05) is 4.90 Å². The summed E-state index contributed by atoms with van der Waals surface area (Å²) in [4.78, 5) is 6.46. The quantitative estimate of drug-likeness (QED) is 0.331. The molecule has 0 aliphatic carbocycles. The molecule has 1 unspecified atom stereocenters. The second kappa shape index (κ2) is 9.03. The van der Waals surface area contributed by atoms with E-state index in [9.17, 15) is 8.78 Å². The van der Waals surface area contributed by atoms with Crippen LogP contribution in [0.4, 0.5) is 14.5 Å². The van der Waals surface area contributed by atoms with Gasteiger partial charge in [0.1, 0.15) is 11.6 Å². The third-order valence-electron chi connectivity index (χ3n) is 6.03. The Kier molecular flexibility index (Phi) is 5.90. The van der Waals surface area contributed by atoms with Crippen molar-refractivity contribution in [1.82, 2.24) is 15.5 Å².